The largest absolute Gasteiger partial charge is 0.397 e. The van der Waals surface area contributed by atoms with E-state index in [4.69, 9.17) is 10.5 Å². The summed E-state index contributed by atoms with van der Waals surface area (Å²) in [5.74, 6) is 1.69. The lowest BCUT2D eigenvalue weighted by atomic mass is 10.2. The molecule has 0 unspecified atom stereocenters. The van der Waals surface area contributed by atoms with Crippen molar-refractivity contribution in [3.63, 3.8) is 0 Å². The first-order valence-electron chi connectivity index (χ1n) is 5.79. The average Bonchev–Trinajstić information content (AvgIpc) is 3.07. The summed E-state index contributed by atoms with van der Waals surface area (Å²) in [5.41, 5.74) is 7.47. The first-order valence-corrected chi connectivity index (χ1v) is 5.79. The highest BCUT2D eigenvalue weighted by Crippen LogP contribution is 2.28. The van der Waals surface area contributed by atoms with Crippen molar-refractivity contribution in [3.05, 3.63) is 17.8 Å². The first kappa shape index (κ1) is 11.2. The molecule has 0 radical (unpaired) electrons. The van der Waals surface area contributed by atoms with Crippen LogP contribution >= 0.6 is 0 Å². The van der Waals surface area contributed by atoms with Crippen molar-refractivity contribution in [2.75, 3.05) is 30.8 Å². The third-order valence-electron chi connectivity index (χ3n) is 2.75. The van der Waals surface area contributed by atoms with E-state index in [9.17, 15) is 0 Å². The van der Waals surface area contributed by atoms with Crippen LogP contribution in [0.25, 0.3) is 0 Å². The second-order valence-electron chi connectivity index (χ2n) is 4.37. The van der Waals surface area contributed by atoms with Crippen molar-refractivity contribution in [2.45, 2.75) is 19.8 Å². The molecule has 0 saturated heterocycles. The maximum absolute atomic E-state index is 5.69. The molecule has 1 aromatic rings. The van der Waals surface area contributed by atoms with Gasteiger partial charge in [-0.2, -0.15) is 0 Å². The number of pyridine rings is 1. The number of nitrogens with two attached hydrogens (primary N) is 1. The van der Waals surface area contributed by atoms with Crippen LogP contribution in [0.5, 0.6) is 0 Å². The van der Waals surface area contributed by atoms with E-state index in [2.05, 4.69) is 10.3 Å². The smallest absolute Gasteiger partial charge is 0.126 e. The van der Waals surface area contributed by atoms with Crippen molar-refractivity contribution >= 4 is 11.5 Å². The second-order valence-corrected chi connectivity index (χ2v) is 4.37. The Hall–Kier alpha value is -1.29. The molecule has 2 rings (SSSR count). The van der Waals surface area contributed by atoms with Crippen LogP contribution in [-0.4, -0.2) is 24.7 Å². The molecule has 0 bridgehead atoms. The molecule has 88 valence electrons. The summed E-state index contributed by atoms with van der Waals surface area (Å²) in [6.07, 6.45) is 4.36. The summed E-state index contributed by atoms with van der Waals surface area (Å²) in [5, 5.41) is 3.22. The summed E-state index contributed by atoms with van der Waals surface area (Å²) >= 11 is 0. The Morgan fingerprint density at radius 2 is 2.38 bits per heavy atom. The molecule has 0 aliphatic heterocycles. The molecule has 0 amide bonds. The molecule has 1 saturated carbocycles. The monoisotopic (exact) mass is 221 g/mol. The van der Waals surface area contributed by atoms with Crippen LogP contribution in [0.1, 0.15) is 18.4 Å². The molecule has 1 fully saturated rings. The van der Waals surface area contributed by atoms with Crippen LogP contribution in [0.2, 0.25) is 0 Å². The van der Waals surface area contributed by atoms with Gasteiger partial charge in [-0.3, -0.25) is 0 Å². The maximum Gasteiger partial charge on any atom is 0.126 e. The lowest BCUT2D eigenvalue weighted by Gasteiger charge is -2.07. The Balaban J connectivity index is 1.65. The standard InChI is InChI=1S/C12H19N3O/c1-9-6-12(15-7-11(9)13)14-4-5-16-8-10-2-3-10/h6-7,10H,2-5,8,13H2,1H3,(H,14,15). The van der Waals surface area contributed by atoms with Crippen LogP contribution in [0.15, 0.2) is 12.3 Å². The number of hydrogen-bond donors (Lipinski definition) is 2. The minimum absolute atomic E-state index is 0.732. The minimum atomic E-state index is 0.732. The number of nitrogen functional groups attached to an aromatic ring is 1. The van der Waals surface area contributed by atoms with Gasteiger partial charge < -0.3 is 15.8 Å². The Morgan fingerprint density at radius 3 is 3.06 bits per heavy atom. The number of ether oxygens (including phenoxy) is 1. The fourth-order valence-corrected chi connectivity index (χ4v) is 1.45. The highest BCUT2D eigenvalue weighted by atomic mass is 16.5. The van der Waals surface area contributed by atoms with E-state index in [-0.39, 0.29) is 0 Å². The number of aromatic nitrogens is 1. The molecular weight excluding hydrogens is 202 g/mol. The molecular formula is C12H19N3O. The van der Waals surface area contributed by atoms with Gasteiger partial charge in [-0.05, 0) is 37.3 Å². The maximum atomic E-state index is 5.69. The Morgan fingerprint density at radius 1 is 1.56 bits per heavy atom. The van der Waals surface area contributed by atoms with E-state index in [0.29, 0.717) is 0 Å². The number of nitrogens with zero attached hydrogens (tertiary/aromatic N) is 1. The number of anilines is 2. The molecule has 3 N–H and O–H groups in total. The van der Waals surface area contributed by atoms with E-state index < -0.39 is 0 Å². The van der Waals surface area contributed by atoms with E-state index in [1.54, 1.807) is 6.20 Å². The van der Waals surface area contributed by atoms with Crippen molar-refractivity contribution in [1.29, 1.82) is 0 Å². The lowest BCUT2D eigenvalue weighted by molar-refractivity contribution is 0.134. The summed E-state index contributed by atoms with van der Waals surface area (Å²) < 4.78 is 5.52. The molecule has 16 heavy (non-hydrogen) atoms. The summed E-state index contributed by atoms with van der Waals surface area (Å²) in [6, 6.07) is 1.95. The molecule has 4 nitrogen and oxygen atoms in total. The van der Waals surface area contributed by atoms with Crippen molar-refractivity contribution in [3.8, 4) is 0 Å². The zero-order valence-corrected chi connectivity index (χ0v) is 9.70. The topological polar surface area (TPSA) is 60.2 Å². The van der Waals surface area contributed by atoms with Crippen LogP contribution in [0, 0.1) is 12.8 Å². The highest BCUT2D eigenvalue weighted by molar-refractivity contribution is 5.50. The van der Waals surface area contributed by atoms with Crippen molar-refractivity contribution in [2.24, 2.45) is 5.92 Å². The molecule has 0 aromatic carbocycles. The third kappa shape index (κ3) is 3.38. The molecule has 4 heteroatoms. The fraction of sp³-hybridized carbons (Fsp3) is 0.583. The number of rotatable bonds is 6. The molecule has 0 spiro atoms. The van der Waals surface area contributed by atoms with Gasteiger partial charge in [0.25, 0.3) is 0 Å². The van der Waals surface area contributed by atoms with Crippen molar-refractivity contribution in [1.82, 2.24) is 4.98 Å². The van der Waals surface area contributed by atoms with Crippen LogP contribution < -0.4 is 11.1 Å². The molecule has 0 atom stereocenters. The Kier molecular flexibility index (Phi) is 3.62. The van der Waals surface area contributed by atoms with E-state index in [1.165, 1.54) is 12.8 Å². The van der Waals surface area contributed by atoms with Crippen LogP contribution in [0.4, 0.5) is 11.5 Å². The summed E-state index contributed by atoms with van der Waals surface area (Å²) in [7, 11) is 0. The Labute approximate surface area is 96.2 Å². The van der Waals surface area contributed by atoms with Gasteiger partial charge in [0, 0.05) is 13.2 Å². The molecule has 1 aliphatic rings. The predicted molar refractivity (Wildman–Crippen MR) is 65.4 cm³/mol. The van der Waals surface area contributed by atoms with E-state index in [0.717, 1.165) is 42.7 Å². The zero-order chi connectivity index (χ0) is 11.4. The first-order chi connectivity index (χ1) is 7.75. The molecule has 1 heterocycles. The normalized spacial score (nSPS) is 15.1. The average molecular weight is 221 g/mol. The zero-order valence-electron chi connectivity index (χ0n) is 9.70. The molecule has 1 aliphatic carbocycles. The highest BCUT2D eigenvalue weighted by Gasteiger charge is 2.20. The SMILES string of the molecule is Cc1cc(NCCOCC2CC2)ncc1N. The number of aryl methyl sites for hydroxylation is 1. The lowest BCUT2D eigenvalue weighted by Crippen LogP contribution is -2.11. The Bertz CT molecular complexity index is 350. The number of hydrogen-bond acceptors (Lipinski definition) is 4. The predicted octanol–water partition coefficient (Wildman–Crippen LogP) is 1.81. The van der Waals surface area contributed by atoms with Gasteiger partial charge in [0.05, 0.1) is 18.5 Å². The minimum Gasteiger partial charge on any atom is -0.397 e. The quantitative estimate of drug-likeness (QED) is 0.719. The van der Waals surface area contributed by atoms with Gasteiger partial charge >= 0.3 is 0 Å². The van der Waals surface area contributed by atoms with Crippen molar-refractivity contribution < 1.29 is 4.74 Å². The fourth-order valence-electron chi connectivity index (χ4n) is 1.45. The van der Waals surface area contributed by atoms with Gasteiger partial charge in [-0.25, -0.2) is 4.98 Å². The van der Waals surface area contributed by atoms with Crippen LogP contribution in [-0.2, 0) is 4.74 Å². The van der Waals surface area contributed by atoms with Gasteiger partial charge in [0.1, 0.15) is 5.82 Å². The number of nitrogens with one attached hydrogen (secondary N) is 1. The third-order valence-corrected chi connectivity index (χ3v) is 2.75. The second kappa shape index (κ2) is 5.16. The van der Waals surface area contributed by atoms with Gasteiger partial charge in [0.15, 0.2) is 0 Å². The van der Waals surface area contributed by atoms with E-state index >= 15 is 0 Å². The molecule has 1 aromatic heterocycles. The van der Waals surface area contributed by atoms with Gasteiger partial charge in [-0.15, -0.1) is 0 Å². The summed E-state index contributed by atoms with van der Waals surface area (Å²) in [4.78, 5) is 4.19. The van der Waals surface area contributed by atoms with Gasteiger partial charge in [-0.1, -0.05) is 0 Å². The van der Waals surface area contributed by atoms with Crippen LogP contribution in [0.3, 0.4) is 0 Å². The summed E-state index contributed by atoms with van der Waals surface area (Å²) in [6.45, 7) is 4.42. The van der Waals surface area contributed by atoms with E-state index in [1.807, 2.05) is 13.0 Å². The van der Waals surface area contributed by atoms with Gasteiger partial charge in [0.2, 0.25) is 0 Å².